The van der Waals surface area contributed by atoms with Crippen molar-refractivity contribution in [3.05, 3.63) is 59.7 Å². The first-order valence-corrected chi connectivity index (χ1v) is 11.1. The molecule has 2 saturated carbocycles. The molecule has 3 aliphatic carbocycles. The summed E-state index contributed by atoms with van der Waals surface area (Å²) in [5, 5.41) is 14.6. The lowest BCUT2D eigenvalue weighted by molar-refractivity contribution is -0.139. The number of carboxylic acid groups (broad SMARTS) is 1. The van der Waals surface area contributed by atoms with Crippen LogP contribution in [0, 0.1) is 5.92 Å². The van der Waals surface area contributed by atoms with Crippen molar-refractivity contribution in [2.75, 3.05) is 6.61 Å². The number of hydrogen-bond donors (Lipinski definition) is 3. The molecule has 2 amide bonds. The first-order chi connectivity index (χ1) is 15.4. The van der Waals surface area contributed by atoms with Gasteiger partial charge in [-0.05, 0) is 53.9 Å². The second kappa shape index (κ2) is 7.97. The maximum atomic E-state index is 12.7. The minimum Gasteiger partial charge on any atom is -0.481 e. The maximum Gasteiger partial charge on any atom is 0.408 e. The summed E-state index contributed by atoms with van der Waals surface area (Å²) in [6.07, 6.45) is 2.04. The van der Waals surface area contributed by atoms with E-state index in [2.05, 4.69) is 34.9 Å². The number of fused-ring (bicyclic) bond motifs is 3. The van der Waals surface area contributed by atoms with Gasteiger partial charge in [0.05, 0.1) is 0 Å². The molecule has 0 aliphatic heterocycles. The summed E-state index contributed by atoms with van der Waals surface area (Å²) in [4.78, 5) is 36.0. The Morgan fingerprint density at radius 1 is 0.969 bits per heavy atom. The number of aliphatic carboxylic acids is 1. The highest BCUT2D eigenvalue weighted by atomic mass is 16.5. The molecule has 0 saturated heterocycles. The van der Waals surface area contributed by atoms with Crippen molar-refractivity contribution >= 4 is 18.0 Å². The fourth-order valence-corrected chi connectivity index (χ4v) is 4.95. The zero-order valence-corrected chi connectivity index (χ0v) is 17.7. The molecule has 5 rings (SSSR count). The molecule has 7 nitrogen and oxygen atoms in total. The normalized spacial score (nSPS) is 22.1. The Kier molecular flexibility index (Phi) is 5.12. The van der Waals surface area contributed by atoms with Crippen molar-refractivity contribution in [1.82, 2.24) is 10.6 Å². The van der Waals surface area contributed by atoms with E-state index >= 15 is 0 Å². The van der Waals surface area contributed by atoms with Crippen molar-refractivity contribution in [1.29, 1.82) is 0 Å². The van der Waals surface area contributed by atoms with Crippen LogP contribution in [0.5, 0.6) is 0 Å². The predicted molar refractivity (Wildman–Crippen MR) is 117 cm³/mol. The van der Waals surface area contributed by atoms with Crippen molar-refractivity contribution in [2.45, 2.75) is 49.6 Å². The summed E-state index contributed by atoms with van der Waals surface area (Å²) in [7, 11) is 0. The minimum atomic E-state index is -0.902. The fraction of sp³-hybridized carbons (Fsp3) is 0.400. The molecule has 3 aliphatic rings. The molecule has 0 radical (unpaired) electrons. The van der Waals surface area contributed by atoms with Crippen molar-refractivity contribution in [3.8, 4) is 11.1 Å². The summed E-state index contributed by atoms with van der Waals surface area (Å²) in [5.41, 5.74) is 3.71. The quantitative estimate of drug-likeness (QED) is 0.619. The Hall–Kier alpha value is -3.35. The smallest absolute Gasteiger partial charge is 0.408 e. The summed E-state index contributed by atoms with van der Waals surface area (Å²) in [6, 6.07) is 16.3. The zero-order chi connectivity index (χ0) is 22.3. The fourth-order valence-electron chi connectivity index (χ4n) is 4.95. The first-order valence-electron chi connectivity index (χ1n) is 11.1. The summed E-state index contributed by atoms with van der Waals surface area (Å²) < 4.78 is 5.58. The van der Waals surface area contributed by atoms with Crippen LogP contribution in [-0.4, -0.2) is 41.3 Å². The van der Waals surface area contributed by atoms with Crippen LogP contribution >= 0.6 is 0 Å². The average Bonchev–Trinajstić information content (AvgIpc) is 3.46. The maximum absolute atomic E-state index is 12.7. The molecule has 0 bridgehead atoms. The number of hydrogen-bond acceptors (Lipinski definition) is 4. The summed E-state index contributed by atoms with van der Waals surface area (Å²) >= 11 is 0. The summed E-state index contributed by atoms with van der Waals surface area (Å²) in [5.74, 6) is -0.929. The average molecular weight is 434 g/mol. The van der Waals surface area contributed by atoms with E-state index in [0.717, 1.165) is 22.3 Å². The lowest BCUT2D eigenvalue weighted by Gasteiger charge is -2.36. The van der Waals surface area contributed by atoms with Gasteiger partial charge in [0.15, 0.2) is 0 Å². The van der Waals surface area contributed by atoms with E-state index in [1.54, 1.807) is 0 Å². The van der Waals surface area contributed by atoms with Crippen LogP contribution < -0.4 is 10.6 Å². The molecule has 166 valence electrons. The molecule has 0 heterocycles. The molecular formula is C25H26N2O5. The van der Waals surface area contributed by atoms with Crippen LogP contribution in [-0.2, 0) is 14.3 Å². The van der Waals surface area contributed by atoms with Gasteiger partial charge < -0.3 is 20.5 Å². The second-order valence-corrected chi connectivity index (χ2v) is 9.14. The van der Waals surface area contributed by atoms with E-state index in [9.17, 15) is 14.4 Å². The highest BCUT2D eigenvalue weighted by Crippen LogP contribution is 2.44. The SMILES string of the molecule is O=C(O)CC1CC(NC(=O)C2(NC(=O)OCC3c4ccccc4-c4ccccc43)CC2)C1. The highest BCUT2D eigenvalue weighted by Gasteiger charge is 2.52. The molecule has 2 aromatic carbocycles. The number of rotatable bonds is 7. The summed E-state index contributed by atoms with van der Waals surface area (Å²) in [6.45, 7) is 0.205. The van der Waals surface area contributed by atoms with E-state index in [1.165, 1.54) is 0 Å². The highest BCUT2D eigenvalue weighted by molar-refractivity contribution is 5.93. The van der Waals surface area contributed by atoms with Gasteiger partial charge in [-0.3, -0.25) is 9.59 Å². The van der Waals surface area contributed by atoms with Gasteiger partial charge in [-0.2, -0.15) is 0 Å². The Balaban J connectivity index is 1.16. The van der Waals surface area contributed by atoms with Crippen molar-refractivity contribution < 1.29 is 24.2 Å². The molecule has 2 fully saturated rings. The van der Waals surface area contributed by atoms with Gasteiger partial charge in [-0.15, -0.1) is 0 Å². The van der Waals surface area contributed by atoms with Gasteiger partial charge >= 0.3 is 12.1 Å². The van der Waals surface area contributed by atoms with Crippen LogP contribution in [0.4, 0.5) is 4.79 Å². The largest absolute Gasteiger partial charge is 0.481 e. The Bertz CT molecular complexity index is 1030. The van der Waals surface area contributed by atoms with E-state index in [0.29, 0.717) is 25.7 Å². The predicted octanol–water partition coefficient (Wildman–Crippen LogP) is 3.43. The Morgan fingerprint density at radius 2 is 1.56 bits per heavy atom. The number of benzene rings is 2. The van der Waals surface area contributed by atoms with Crippen LogP contribution in [0.25, 0.3) is 11.1 Å². The molecule has 32 heavy (non-hydrogen) atoms. The van der Waals surface area contributed by atoms with Crippen LogP contribution in [0.2, 0.25) is 0 Å². The molecule has 7 heteroatoms. The molecule has 3 N–H and O–H groups in total. The lowest BCUT2D eigenvalue weighted by atomic mass is 9.78. The second-order valence-electron chi connectivity index (χ2n) is 9.14. The minimum absolute atomic E-state index is 0.0198. The number of ether oxygens (including phenoxy) is 1. The van der Waals surface area contributed by atoms with Gasteiger partial charge in [-0.1, -0.05) is 48.5 Å². The van der Waals surface area contributed by atoms with E-state index in [-0.39, 0.29) is 36.8 Å². The van der Waals surface area contributed by atoms with Gasteiger partial charge in [0.2, 0.25) is 5.91 Å². The standard InChI is InChI=1S/C25H26N2O5/c28-22(29)13-15-11-16(12-15)26-23(30)25(9-10-25)27-24(31)32-14-21-19-7-3-1-5-17(19)18-6-2-4-8-20(18)21/h1-8,15-16,21H,9-14H2,(H,26,30)(H,27,31)(H,28,29). The monoisotopic (exact) mass is 434 g/mol. The number of alkyl carbamates (subject to hydrolysis) is 1. The Morgan fingerprint density at radius 3 is 2.12 bits per heavy atom. The number of nitrogens with one attached hydrogen (secondary N) is 2. The number of carbonyl (C=O) groups excluding carboxylic acids is 2. The zero-order valence-electron chi connectivity index (χ0n) is 17.7. The van der Waals surface area contributed by atoms with Gasteiger partial charge in [-0.25, -0.2) is 4.79 Å². The molecular weight excluding hydrogens is 408 g/mol. The first kappa shape index (κ1) is 20.5. The van der Waals surface area contributed by atoms with E-state index < -0.39 is 17.6 Å². The van der Waals surface area contributed by atoms with E-state index in [1.807, 2.05) is 24.3 Å². The molecule has 0 spiro atoms. The number of carbonyl (C=O) groups is 3. The number of amides is 2. The third-order valence-corrected chi connectivity index (χ3v) is 6.90. The molecule has 0 aromatic heterocycles. The van der Waals surface area contributed by atoms with Gasteiger partial charge in [0, 0.05) is 18.4 Å². The molecule has 2 aromatic rings. The van der Waals surface area contributed by atoms with Crippen LogP contribution in [0.1, 0.15) is 49.1 Å². The van der Waals surface area contributed by atoms with Crippen molar-refractivity contribution in [2.24, 2.45) is 5.92 Å². The van der Waals surface area contributed by atoms with Gasteiger partial charge in [0.1, 0.15) is 12.1 Å². The van der Waals surface area contributed by atoms with Crippen LogP contribution in [0.15, 0.2) is 48.5 Å². The Labute approximate surface area is 186 Å². The molecule has 0 atom stereocenters. The van der Waals surface area contributed by atoms with Gasteiger partial charge in [0.25, 0.3) is 0 Å². The van der Waals surface area contributed by atoms with Crippen molar-refractivity contribution in [3.63, 3.8) is 0 Å². The topological polar surface area (TPSA) is 105 Å². The third kappa shape index (κ3) is 3.83. The third-order valence-electron chi connectivity index (χ3n) is 6.90. The lowest BCUT2D eigenvalue weighted by Crippen LogP contribution is -2.54. The van der Waals surface area contributed by atoms with E-state index in [4.69, 9.17) is 9.84 Å². The van der Waals surface area contributed by atoms with Crippen LogP contribution in [0.3, 0.4) is 0 Å². The molecule has 0 unspecified atom stereocenters. The number of carboxylic acids is 1.